The number of aryl methyl sites for hydroxylation is 1. The van der Waals surface area contributed by atoms with Crippen LogP contribution in [0.4, 0.5) is 18.9 Å². The lowest BCUT2D eigenvalue weighted by molar-refractivity contribution is -0.120. The van der Waals surface area contributed by atoms with E-state index in [9.17, 15) is 31.2 Å². The number of amides is 2. The number of carbonyl (C=O) groups excluding carboxylic acids is 2. The van der Waals surface area contributed by atoms with Crippen LogP contribution >= 0.6 is 0 Å². The minimum absolute atomic E-state index is 0.0565. The standard InChI is InChI=1S/C33H38F3N5O4S/c1-3-4-12-30-39-28-21-25(38-20-9-5-6-13-31(42)37-2)18-19-29(28)41(30)22-23-14-16-24(17-15-23)26-10-7-8-11-27(26)32(43)40-46(44,45)33(34,35)36/h7-8,10-11,14-19,21,38H,3-6,9,12-13,20,22H2,1-2H3,(H,37,42)(H,40,43). The predicted octanol–water partition coefficient (Wildman–Crippen LogP) is 6.39. The summed E-state index contributed by atoms with van der Waals surface area (Å²) in [5.74, 6) is -0.349. The van der Waals surface area contributed by atoms with Crippen molar-refractivity contribution in [3.8, 4) is 11.1 Å². The first-order valence-electron chi connectivity index (χ1n) is 15.2. The number of sulfonamides is 1. The van der Waals surface area contributed by atoms with Gasteiger partial charge in [-0.1, -0.05) is 62.2 Å². The number of hydrogen-bond acceptors (Lipinski definition) is 6. The monoisotopic (exact) mass is 657 g/mol. The summed E-state index contributed by atoms with van der Waals surface area (Å²) >= 11 is 0. The van der Waals surface area contributed by atoms with Gasteiger partial charge in [0.25, 0.3) is 5.91 Å². The van der Waals surface area contributed by atoms with E-state index in [1.165, 1.54) is 12.1 Å². The maximum atomic E-state index is 12.8. The number of benzene rings is 3. The van der Waals surface area contributed by atoms with E-state index in [-0.39, 0.29) is 11.5 Å². The predicted molar refractivity (Wildman–Crippen MR) is 173 cm³/mol. The Bertz CT molecular complexity index is 1770. The average molecular weight is 658 g/mol. The second kappa shape index (κ2) is 15.3. The molecule has 4 rings (SSSR count). The second-order valence-corrected chi connectivity index (χ2v) is 12.6. The summed E-state index contributed by atoms with van der Waals surface area (Å²) in [6.07, 6.45) is 6.08. The van der Waals surface area contributed by atoms with Crippen molar-refractivity contribution in [1.82, 2.24) is 19.6 Å². The molecule has 0 saturated carbocycles. The fourth-order valence-electron chi connectivity index (χ4n) is 5.08. The van der Waals surface area contributed by atoms with Crippen molar-refractivity contribution in [2.24, 2.45) is 0 Å². The summed E-state index contributed by atoms with van der Waals surface area (Å²) in [7, 11) is -4.21. The van der Waals surface area contributed by atoms with Crippen LogP contribution in [0.15, 0.2) is 66.7 Å². The number of unbranched alkanes of at least 4 members (excludes halogenated alkanes) is 3. The van der Waals surface area contributed by atoms with E-state index in [0.29, 0.717) is 24.1 Å². The van der Waals surface area contributed by atoms with Gasteiger partial charge in [0.05, 0.1) is 11.0 Å². The zero-order valence-corrected chi connectivity index (χ0v) is 26.6. The lowest BCUT2D eigenvalue weighted by Crippen LogP contribution is -2.40. The van der Waals surface area contributed by atoms with Crippen molar-refractivity contribution in [2.45, 2.75) is 63.9 Å². The molecular formula is C33H38F3N5O4S. The van der Waals surface area contributed by atoms with E-state index in [4.69, 9.17) is 4.98 Å². The maximum Gasteiger partial charge on any atom is 0.516 e. The quantitative estimate of drug-likeness (QED) is 0.127. The van der Waals surface area contributed by atoms with Crippen molar-refractivity contribution >= 4 is 38.6 Å². The highest BCUT2D eigenvalue weighted by atomic mass is 32.2. The van der Waals surface area contributed by atoms with Gasteiger partial charge in [0.1, 0.15) is 5.82 Å². The van der Waals surface area contributed by atoms with Crippen molar-refractivity contribution in [2.75, 3.05) is 18.9 Å². The molecule has 0 radical (unpaired) electrons. The zero-order valence-electron chi connectivity index (χ0n) is 25.8. The first-order valence-corrected chi connectivity index (χ1v) is 16.7. The molecule has 246 valence electrons. The molecule has 0 aliphatic carbocycles. The van der Waals surface area contributed by atoms with Gasteiger partial charge in [0.2, 0.25) is 5.91 Å². The smallest absolute Gasteiger partial charge is 0.385 e. The Balaban J connectivity index is 1.50. The number of rotatable bonds is 15. The largest absolute Gasteiger partial charge is 0.516 e. The number of alkyl halides is 3. The third kappa shape index (κ3) is 8.65. The molecular weight excluding hydrogens is 619 g/mol. The van der Waals surface area contributed by atoms with Gasteiger partial charge >= 0.3 is 15.5 Å². The normalized spacial score (nSPS) is 11.8. The number of hydrogen-bond donors (Lipinski definition) is 3. The molecule has 13 heteroatoms. The highest BCUT2D eigenvalue weighted by Gasteiger charge is 2.47. The highest BCUT2D eigenvalue weighted by Crippen LogP contribution is 2.28. The summed E-state index contributed by atoms with van der Waals surface area (Å²) in [6, 6.07) is 19.2. The Morgan fingerprint density at radius 1 is 0.935 bits per heavy atom. The van der Waals surface area contributed by atoms with Gasteiger partial charge in [-0.15, -0.1) is 0 Å². The second-order valence-electron chi connectivity index (χ2n) is 11.0. The Labute approximate surface area is 266 Å². The Hall–Kier alpha value is -4.39. The molecule has 46 heavy (non-hydrogen) atoms. The van der Waals surface area contributed by atoms with Crippen LogP contribution in [0.1, 0.15) is 67.2 Å². The Kier molecular flexibility index (Phi) is 11.4. The molecule has 0 spiro atoms. The van der Waals surface area contributed by atoms with Gasteiger partial charge in [-0.05, 0) is 60.2 Å². The summed E-state index contributed by atoms with van der Waals surface area (Å²) in [5, 5.41) is 6.08. The van der Waals surface area contributed by atoms with E-state index in [0.717, 1.165) is 77.9 Å². The Morgan fingerprint density at radius 2 is 1.67 bits per heavy atom. The molecule has 2 amide bonds. The molecule has 3 N–H and O–H groups in total. The fourth-order valence-corrected chi connectivity index (χ4v) is 5.55. The molecule has 1 heterocycles. The molecule has 0 aliphatic rings. The molecule has 9 nitrogen and oxygen atoms in total. The summed E-state index contributed by atoms with van der Waals surface area (Å²) in [4.78, 5) is 28.9. The molecule has 3 aromatic carbocycles. The molecule has 0 fully saturated rings. The summed E-state index contributed by atoms with van der Waals surface area (Å²) in [5.41, 5.74) is -1.18. The van der Waals surface area contributed by atoms with Gasteiger partial charge in [0, 0.05) is 44.2 Å². The van der Waals surface area contributed by atoms with Crippen molar-refractivity contribution in [1.29, 1.82) is 0 Å². The van der Waals surface area contributed by atoms with Crippen molar-refractivity contribution < 1.29 is 31.2 Å². The lowest BCUT2D eigenvalue weighted by atomic mass is 9.98. The number of carbonyl (C=O) groups is 2. The molecule has 0 saturated heterocycles. The van der Waals surface area contributed by atoms with E-state index in [1.807, 2.05) is 30.3 Å². The zero-order chi connectivity index (χ0) is 33.3. The summed E-state index contributed by atoms with van der Waals surface area (Å²) in [6.45, 7) is 3.44. The van der Waals surface area contributed by atoms with Gasteiger partial charge in [-0.25, -0.2) is 9.71 Å². The first-order chi connectivity index (χ1) is 21.9. The molecule has 1 aromatic heterocycles. The van der Waals surface area contributed by atoms with Crippen LogP contribution in [0, 0.1) is 0 Å². The van der Waals surface area contributed by atoms with Crippen LogP contribution in [0.2, 0.25) is 0 Å². The number of nitrogens with zero attached hydrogens (tertiary/aromatic N) is 2. The average Bonchev–Trinajstić information content (AvgIpc) is 3.37. The van der Waals surface area contributed by atoms with E-state index < -0.39 is 21.4 Å². The number of imidazole rings is 1. The van der Waals surface area contributed by atoms with Crippen LogP contribution in [-0.2, 0) is 27.8 Å². The minimum atomic E-state index is -5.85. The van der Waals surface area contributed by atoms with Crippen molar-refractivity contribution in [3.63, 3.8) is 0 Å². The van der Waals surface area contributed by atoms with Crippen LogP contribution < -0.4 is 15.4 Å². The molecule has 0 atom stereocenters. The molecule has 0 unspecified atom stereocenters. The summed E-state index contributed by atoms with van der Waals surface area (Å²) < 4.78 is 64.8. The van der Waals surface area contributed by atoms with Crippen LogP contribution in [0.5, 0.6) is 0 Å². The van der Waals surface area contributed by atoms with Gasteiger partial charge in [-0.3, -0.25) is 9.59 Å². The molecule has 0 aliphatic heterocycles. The number of nitrogens with one attached hydrogen (secondary N) is 3. The van der Waals surface area contributed by atoms with Crippen molar-refractivity contribution in [3.05, 3.63) is 83.7 Å². The first kappa shape index (κ1) is 34.5. The van der Waals surface area contributed by atoms with Gasteiger partial charge < -0.3 is 15.2 Å². The van der Waals surface area contributed by atoms with Gasteiger partial charge in [0.15, 0.2) is 0 Å². The van der Waals surface area contributed by atoms with E-state index >= 15 is 0 Å². The number of fused-ring (bicyclic) bond motifs is 1. The Morgan fingerprint density at radius 3 is 2.37 bits per heavy atom. The maximum absolute atomic E-state index is 12.8. The fraction of sp³-hybridized carbons (Fsp3) is 0.364. The molecule has 4 aromatic rings. The lowest BCUT2D eigenvalue weighted by Gasteiger charge is -2.13. The third-order valence-electron chi connectivity index (χ3n) is 7.58. The SMILES string of the molecule is CCCCc1nc2cc(NCCCCCC(=O)NC)ccc2n1Cc1ccc(-c2ccccc2C(=O)NS(=O)(=O)C(F)(F)F)cc1. The molecule has 0 bridgehead atoms. The highest BCUT2D eigenvalue weighted by molar-refractivity contribution is 7.90. The van der Waals surface area contributed by atoms with Gasteiger partial charge in [-0.2, -0.15) is 21.6 Å². The van der Waals surface area contributed by atoms with E-state index in [1.54, 1.807) is 31.3 Å². The third-order valence-corrected chi connectivity index (χ3v) is 8.64. The topological polar surface area (TPSA) is 122 Å². The van der Waals surface area contributed by atoms with Crippen LogP contribution in [-0.4, -0.2) is 48.9 Å². The number of halogens is 3. The van der Waals surface area contributed by atoms with Crippen LogP contribution in [0.3, 0.4) is 0 Å². The number of aromatic nitrogens is 2. The van der Waals surface area contributed by atoms with Crippen LogP contribution in [0.25, 0.3) is 22.2 Å². The minimum Gasteiger partial charge on any atom is -0.385 e. The van der Waals surface area contributed by atoms with E-state index in [2.05, 4.69) is 22.1 Å². The number of anilines is 1.